The molecule has 5 nitrogen and oxygen atoms in total. The predicted molar refractivity (Wildman–Crippen MR) is 84.3 cm³/mol. The van der Waals surface area contributed by atoms with Crippen molar-refractivity contribution >= 4 is 0 Å². The summed E-state index contributed by atoms with van der Waals surface area (Å²) in [6, 6.07) is 12.1. The van der Waals surface area contributed by atoms with E-state index < -0.39 is 6.10 Å². The monoisotopic (exact) mass is 303 g/mol. The molecule has 1 atom stereocenters. The second-order valence-corrected chi connectivity index (χ2v) is 5.03. The molecule has 0 radical (unpaired) electrons. The van der Waals surface area contributed by atoms with Gasteiger partial charge < -0.3 is 25.4 Å². The van der Waals surface area contributed by atoms with Crippen molar-refractivity contribution in [3.63, 3.8) is 0 Å². The van der Waals surface area contributed by atoms with Gasteiger partial charge in [0.1, 0.15) is 5.75 Å². The molecular formula is C17H21NO4. The molecule has 118 valence electrons. The maximum absolute atomic E-state index is 10.1. The summed E-state index contributed by atoms with van der Waals surface area (Å²) < 4.78 is 5.29. The number of aromatic hydroxyl groups is 2. The van der Waals surface area contributed by atoms with Crippen LogP contribution < -0.4 is 10.1 Å². The highest BCUT2D eigenvalue weighted by Gasteiger charge is 2.10. The Bertz CT molecular complexity index is 615. The van der Waals surface area contributed by atoms with E-state index in [1.807, 2.05) is 24.3 Å². The van der Waals surface area contributed by atoms with Gasteiger partial charge in [-0.1, -0.05) is 24.3 Å². The minimum Gasteiger partial charge on any atom is -0.504 e. The predicted octanol–water partition coefficient (Wildman–Crippen LogP) is 1.97. The van der Waals surface area contributed by atoms with Gasteiger partial charge in [-0.05, 0) is 42.3 Å². The first-order chi connectivity index (χ1) is 10.6. The van der Waals surface area contributed by atoms with Gasteiger partial charge in [0.25, 0.3) is 0 Å². The molecule has 2 aromatic rings. The Kier molecular flexibility index (Phi) is 5.63. The minimum absolute atomic E-state index is 0.194. The molecule has 0 bridgehead atoms. The van der Waals surface area contributed by atoms with Gasteiger partial charge in [-0.3, -0.25) is 0 Å². The molecule has 0 heterocycles. The van der Waals surface area contributed by atoms with Crippen LogP contribution in [0.3, 0.4) is 0 Å². The SMILES string of the molecule is COc1ccccc1CCNC[C@@H](O)c1ccc(O)c(O)c1. The van der Waals surface area contributed by atoms with Crippen LogP contribution in [0.4, 0.5) is 0 Å². The zero-order valence-corrected chi connectivity index (χ0v) is 12.5. The van der Waals surface area contributed by atoms with Crippen molar-refractivity contribution in [2.45, 2.75) is 12.5 Å². The van der Waals surface area contributed by atoms with E-state index in [1.165, 1.54) is 12.1 Å². The molecule has 0 saturated heterocycles. The van der Waals surface area contributed by atoms with Gasteiger partial charge in [0.2, 0.25) is 0 Å². The topological polar surface area (TPSA) is 82.0 Å². The summed E-state index contributed by atoms with van der Waals surface area (Å²) in [5.41, 5.74) is 1.66. The zero-order valence-electron chi connectivity index (χ0n) is 12.5. The fraction of sp³-hybridized carbons (Fsp3) is 0.294. The van der Waals surface area contributed by atoms with Crippen LogP contribution >= 0.6 is 0 Å². The van der Waals surface area contributed by atoms with E-state index in [0.717, 1.165) is 17.7 Å². The summed E-state index contributed by atoms with van der Waals surface area (Å²) in [6.07, 6.45) is 0.0431. The number of nitrogens with one attached hydrogen (secondary N) is 1. The lowest BCUT2D eigenvalue weighted by Gasteiger charge is -2.13. The number of aliphatic hydroxyl groups is 1. The Morgan fingerprint density at radius 2 is 1.86 bits per heavy atom. The van der Waals surface area contributed by atoms with Crippen LogP contribution in [-0.2, 0) is 6.42 Å². The van der Waals surface area contributed by atoms with Gasteiger partial charge in [0.05, 0.1) is 13.2 Å². The molecule has 0 spiro atoms. The van der Waals surface area contributed by atoms with Crippen molar-refractivity contribution in [2.75, 3.05) is 20.2 Å². The fourth-order valence-electron chi connectivity index (χ4n) is 2.24. The highest BCUT2D eigenvalue weighted by Crippen LogP contribution is 2.27. The summed E-state index contributed by atoms with van der Waals surface area (Å²) >= 11 is 0. The Hall–Kier alpha value is -2.24. The Labute approximate surface area is 129 Å². The van der Waals surface area contributed by atoms with E-state index in [-0.39, 0.29) is 11.5 Å². The van der Waals surface area contributed by atoms with E-state index in [9.17, 15) is 15.3 Å². The molecular weight excluding hydrogens is 282 g/mol. The lowest BCUT2D eigenvalue weighted by molar-refractivity contribution is 0.174. The molecule has 2 rings (SSSR count). The van der Waals surface area contributed by atoms with Gasteiger partial charge >= 0.3 is 0 Å². The number of ether oxygens (including phenoxy) is 1. The summed E-state index contributed by atoms with van der Waals surface area (Å²) in [5.74, 6) is 0.430. The number of rotatable bonds is 7. The first-order valence-corrected chi connectivity index (χ1v) is 7.14. The normalized spacial score (nSPS) is 12.1. The largest absolute Gasteiger partial charge is 0.504 e. The lowest BCUT2D eigenvalue weighted by atomic mass is 10.1. The van der Waals surface area contributed by atoms with Crippen LogP contribution in [-0.4, -0.2) is 35.5 Å². The molecule has 0 amide bonds. The average Bonchev–Trinajstić information content (AvgIpc) is 2.54. The highest BCUT2D eigenvalue weighted by molar-refractivity contribution is 5.41. The fourth-order valence-corrected chi connectivity index (χ4v) is 2.24. The molecule has 2 aromatic carbocycles. The third-order valence-corrected chi connectivity index (χ3v) is 3.49. The molecule has 0 aliphatic carbocycles. The number of hydrogen-bond acceptors (Lipinski definition) is 5. The van der Waals surface area contributed by atoms with E-state index in [2.05, 4.69) is 5.32 Å². The third-order valence-electron chi connectivity index (χ3n) is 3.49. The van der Waals surface area contributed by atoms with Gasteiger partial charge in [-0.15, -0.1) is 0 Å². The van der Waals surface area contributed by atoms with Crippen molar-refractivity contribution < 1.29 is 20.1 Å². The van der Waals surface area contributed by atoms with Gasteiger partial charge in [-0.2, -0.15) is 0 Å². The van der Waals surface area contributed by atoms with Gasteiger partial charge in [0.15, 0.2) is 11.5 Å². The lowest BCUT2D eigenvalue weighted by Crippen LogP contribution is -2.23. The smallest absolute Gasteiger partial charge is 0.157 e. The minimum atomic E-state index is -0.746. The second kappa shape index (κ2) is 7.68. The molecule has 0 fully saturated rings. The van der Waals surface area contributed by atoms with Crippen molar-refractivity contribution in [3.8, 4) is 17.2 Å². The first-order valence-electron chi connectivity index (χ1n) is 7.14. The van der Waals surface area contributed by atoms with Crippen molar-refractivity contribution in [3.05, 3.63) is 53.6 Å². The number of hydrogen-bond donors (Lipinski definition) is 4. The van der Waals surface area contributed by atoms with Gasteiger partial charge in [-0.25, -0.2) is 0 Å². The summed E-state index contributed by atoms with van der Waals surface area (Å²) in [6.45, 7) is 1.06. The Morgan fingerprint density at radius 1 is 1.09 bits per heavy atom. The molecule has 0 aromatic heterocycles. The second-order valence-electron chi connectivity index (χ2n) is 5.03. The first kappa shape index (κ1) is 16.1. The van der Waals surface area contributed by atoms with Crippen LogP contribution in [0, 0.1) is 0 Å². The molecule has 0 aliphatic rings. The number of benzene rings is 2. The average molecular weight is 303 g/mol. The summed E-state index contributed by atoms with van der Waals surface area (Å²) in [5, 5.41) is 31.9. The highest BCUT2D eigenvalue weighted by atomic mass is 16.5. The standard InChI is InChI=1S/C17H21NO4/c1-22-17-5-3-2-4-12(17)8-9-18-11-16(21)13-6-7-14(19)15(20)10-13/h2-7,10,16,18-21H,8-9,11H2,1H3/t16-/m1/s1. The van der Waals surface area contributed by atoms with Crippen LogP contribution in [0.25, 0.3) is 0 Å². The molecule has 0 unspecified atom stereocenters. The number of para-hydroxylation sites is 1. The van der Waals surface area contributed by atoms with Crippen LogP contribution in [0.1, 0.15) is 17.2 Å². The van der Waals surface area contributed by atoms with E-state index in [4.69, 9.17) is 4.74 Å². The molecule has 5 heteroatoms. The summed E-state index contributed by atoms with van der Waals surface area (Å²) in [4.78, 5) is 0. The quantitative estimate of drug-likeness (QED) is 0.464. The zero-order chi connectivity index (χ0) is 15.9. The van der Waals surface area contributed by atoms with Gasteiger partial charge in [0, 0.05) is 6.54 Å². The molecule has 22 heavy (non-hydrogen) atoms. The number of phenolic OH excluding ortho intramolecular Hbond substituents is 2. The maximum Gasteiger partial charge on any atom is 0.157 e. The molecule has 0 saturated carbocycles. The van der Waals surface area contributed by atoms with E-state index >= 15 is 0 Å². The van der Waals surface area contributed by atoms with Crippen LogP contribution in [0.15, 0.2) is 42.5 Å². The van der Waals surface area contributed by atoms with E-state index in [1.54, 1.807) is 13.2 Å². The van der Waals surface area contributed by atoms with Crippen molar-refractivity contribution in [1.82, 2.24) is 5.32 Å². The van der Waals surface area contributed by atoms with Crippen LogP contribution in [0.2, 0.25) is 0 Å². The third kappa shape index (κ3) is 4.13. The Morgan fingerprint density at radius 3 is 2.59 bits per heavy atom. The Balaban J connectivity index is 1.82. The molecule has 4 N–H and O–H groups in total. The molecule has 0 aliphatic heterocycles. The number of aliphatic hydroxyl groups excluding tert-OH is 1. The van der Waals surface area contributed by atoms with E-state index in [0.29, 0.717) is 18.7 Å². The maximum atomic E-state index is 10.1. The van der Waals surface area contributed by atoms with Crippen LogP contribution in [0.5, 0.6) is 17.2 Å². The number of methoxy groups -OCH3 is 1. The van der Waals surface area contributed by atoms with Crippen molar-refractivity contribution in [1.29, 1.82) is 0 Å². The summed E-state index contributed by atoms with van der Waals surface area (Å²) in [7, 11) is 1.65. The number of phenols is 2. The van der Waals surface area contributed by atoms with Crippen molar-refractivity contribution in [2.24, 2.45) is 0 Å².